The third kappa shape index (κ3) is 7.11. The summed E-state index contributed by atoms with van der Waals surface area (Å²) in [7, 11) is -1.24. The van der Waals surface area contributed by atoms with Gasteiger partial charge in [0.2, 0.25) is 0 Å². The fourth-order valence-corrected chi connectivity index (χ4v) is 9.84. The number of rotatable bonds is 10. The summed E-state index contributed by atoms with van der Waals surface area (Å²) in [6, 6.07) is 43.2. The van der Waals surface area contributed by atoms with Gasteiger partial charge in [-0.15, -0.1) is 0 Å². The minimum Gasteiger partial charge on any atom is -0.465 e. The second-order valence-corrected chi connectivity index (χ2v) is 13.5. The molecule has 4 aromatic rings. The van der Waals surface area contributed by atoms with E-state index >= 15 is 0 Å². The highest BCUT2D eigenvalue weighted by Crippen LogP contribution is 2.47. The first-order valence-electron chi connectivity index (χ1n) is 11.9. The Morgan fingerprint density at radius 2 is 0.886 bits per heavy atom. The number of esters is 1. The Hall–Kier alpha value is -2.79. The van der Waals surface area contributed by atoms with Crippen LogP contribution in [0.5, 0.6) is 0 Å². The van der Waals surface area contributed by atoms with Gasteiger partial charge in [0, 0.05) is 12.3 Å². The summed E-state index contributed by atoms with van der Waals surface area (Å²) in [5, 5.41) is 5.41. The van der Waals surface area contributed by atoms with Crippen molar-refractivity contribution in [1.29, 1.82) is 0 Å². The van der Waals surface area contributed by atoms with Gasteiger partial charge in [0.05, 0.1) is 6.61 Å². The highest BCUT2D eigenvalue weighted by Gasteiger charge is 2.34. The van der Waals surface area contributed by atoms with Gasteiger partial charge in [0.25, 0.3) is 0 Å². The van der Waals surface area contributed by atoms with Crippen molar-refractivity contribution in [3.63, 3.8) is 0 Å². The summed E-state index contributed by atoms with van der Waals surface area (Å²) in [5.41, 5.74) is -0.194. The normalized spacial score (nSPS) is 11.5. The van der Waals surface area contributed by atoms with Gasteiger partial charge in [-0.2, -0.15) is 0 Å². The molecule has 0 aromatic heterocycles. The molecule has 0 aliphatic heterocycles. The van der Waals surface area contributed by atoms with E-state index in [1.807, 2.05) is 0 Å². The topological polar surface area (TPSA) is 26.3 Å². The predicted octanol–water partition coefficient (Wildman–Crippen LogP) is 5.82. The van der Waals surface area contributed by atoms with Crippen molar-refractivity contribution < 1.29 is 9.53 Å². The van der Waals surface area contributed by atoms with Gasteiger partial charge in [0.1, 0.15) is 0 Å². The van der Waals surface area contributed by atoms with Crippen LogP contribution in [0, 0.1) is 5.41 Å². The standard InChI is InChI=1S/C31H32O2P2/c1-26(32)33-23-31(2,24-34(27-15-7-3-8-16-27)28-17-9-4-10-18-28)25-35(29-19-11-5-12-20-29)30-21-13-6-14-22-30/h3-22H,23-25H2,1-2H3. The molecule has 0 spiro atoms. The molecule has 0 amide bonds. The molecule has 4 aromatic carbocycles. The fraction of sp³-hybridized carbons (Fsp3) is 0.194. The molecule has 4 heteroatoms. The van der Waals surface area contributed by atoms with Crippen LogP contribution in [0.4, 0.5) is 0 Å². The lowest BCUT2D eigenvalue weighted by atomic mass is 9.97. The average Bonchev–Trinajstić information content (AvgIpc) is 2.91. The molecule has 0 atom stereocenters. The van der Waals surface area contributed by atoms with Crippen molar-refractivity contribution in [2.24, 2.45) is 5.41 Å². The molecule has 0 aliphatic rings. The minimum absolute atomic E-state index is 0.194. The smallest absolute Gasteiger partial charge is 0.302 e. The van der Waals surface area contributed by atoms with Gasteiger partial charge in [-0.3, -0.25) is 4.79 Å². The monoisotopic (exact) mass is 498 g/mol. The van der Waals surface area contributed by atoms with Crippen LogP contribution >= 0.6 is 15.8 Å². The molecule has 0 bridgehead atoms. The van der Waals surface area contributed by atoms with Crippen LogP contribution in [-0.4, -0.2) is 24.9 Å². The van der Waals surface area contributed by atoms with E-state index < -0.39 is 15.8 Å². The van der Waals surface area contributed by atoms with Gasteiger partial charge in [-0.1, -0.05) is 128 Å². The van der Waals surface area contributed by atoms with E-state index in [9.17, 15) is 4.79 Å². The molecule has 0 saturated heterocycles. The number of carbonyl (C=O) groups excluding carboxylic acids is 1. The lowest BCUT2D eigenvalue weighted by molar-refractivity contribution is -0.143. The van der Waals surface area contributed by atoms with Crippen molar-refractivity contribution in [1.82, 2.24) is 0 Å². The highest BCUT2D eigenvalue weighted by atomic mass is 31.1. The van der Waals surface area contributed by atoms with Crippen molar-refractivity contribution in [3.05, 3.63) is 121 Å². The second-order valence-electron chi connectivity index (χ2n) is 9.11. The molecule has 35 heavy (non-hydrogen) atoms. The second kappa shape index (κ2) is 12.3. The van der Waals surface area contributed by atoms with Crippen molar-refractivity contribution in [2.45, 2.75) is 13.8 Å². The zero-order chi connectivity index (χ0) is 24.5. The first-order valence-corrected chi connectivity index (χ1v) is 15.0. The molecule has 2 nitrogen and oxygen atoms in total. The van der Waals surface area contributed by atoms with E-state index in [2.05, 4.69) is 128 Å². The van der Waals surface area contributed by atoms with Crippen LogP contribution in [-0.2, 0) is 9.53 Å². The lowest BCUT2D eigenvalue weighted by Crippen LogP contribution is -2.36. The number of benzene rings is 4. The number of ether oxygens (including phenoxy) is 1. The Bertz CT molecular complexity index is 1020. The van der Waals surface area contributed by atoms with Crippen LogP contribution in [0.2, 0.25) is 0 Å². The molecule has 178 valence electrons. The van der Waals surface area contributed by atoms with E-state index in [4.69, 9.17) is 4.74 Å². The van der Waals surface area contributed by atoms with E-state index in [1.165, 1.54) is 28.1 Å². The Balaban J connectivity index is 1.73. The van der Waals surface area contributed by atoms with Gasteiger partial charge in [-0.25, -0.2) is 0 Å². The Labute approximate surface area is 211 Å². The molecule has 4 rings (SSSR count). The summed E-state index contributed by atoms with van der Waals surface area (Å²) in [4.78, 5) is 11.9. The SMILES string of the molecule is CC(=O)OCC(C)(CP(c1ccccc1)c1ccccc1)CP(c1ccccc1)c1ccccc1. The Kier molecular flexibility index (Phi) is 8.86. The largest absolute Gasteiger partial charge is 0.465 e. The van der Waals surface area contributed by atoms with E-state index in [0.29, 0.717) is 6.61 Å². The molecular weight excluding hydrogens is 466 g/mol. The molecular formula is C31H32O2P2. The van der Waals surface area contributed by atoms with E-state index in [1.54, 1.807) is 0 Å². The quantitative estimate of drug-likeness (QED) is 0.203. The lowest BCUT2D eigenvalue weighted by Gasteiger charge is -2.37. The van der Waals surface area contributed by atoms with Gasteiger partial charge < -0.3 is 4.74 Å². The van der Waals surface area contributed by atoms with Crippen LogP contribution in [0.3, 0.4) is 0 Å². The van der Waals surface area contributed by atoms with E-state index in [-0.39, 0.29) is 11.4 Å². The molecule has 0 saturated carbocycles. The zero-order valence-corrected chi connectivity index (χ0v) is 22.2. The van der Waals surface area contributed by atoms with Crippen molar-refractivity contribution in [3.8, 4) is 0 Å². The number of hydrogen-bond acceptors (Lipinski definition) is 2. The Morgan fingerprint density at radius 1 is 0.600 bits per heavy atom. The average molecular weight is 499 g/mol. The van der Waals surface area contributed by atoms with Gasteiger partial charge in [-0.05, 0) is 49.4 Å². The molecule has 0 aliphatic carbocycles. The van der Waals surface area contributed by atoms with E-state index in [0.717, 1.165) is 12.3 Å². The highest BCUT2D eigenvalue weighted by molar-refractivity contribution is 7.74. The number of carbonyl (C=O) groups is 1. The molecule has 0 unspecified atom stereocenters. The fourth-order valence-electron chi connectivity index (χ4n) is 4.28. The first kappa shape index (κ1) is 25.3. The first-order chi connectivity index (χ1) is 17.0. The van der Waals surface area contributed by atoms with Crippen LogP contribution in [0.25, 0.3) is 0 Å². The summed E-state index contributed by atoms with van der Waals surface area (Å²) in [6.45, 7) is 4.23. The summed E-state index contributed by atoms with van der Waals surface area (Å²) in [6.07, 6.45) is 1.89. The van der Waals surface area contributed by atoms with Crippen molar-refractivity contribution >= 4 is 43.0 Å². The summed E-state index contributed by atoms with van der Waals surface area (Å²) < 4.78 is 5.73. The van der Waals surface area contributed by atoms with Gasteiger partial charge >= 0.3 is 5.97 Å². The summed E-state index contributed by atoms with van der Waals surface area (Å²) in [5.74, 6) is -0.219. The minimum atomic E-state index is -0.619. The number of hydrogen-bond donors (Lipinski definition) is 0. The molecule has 0 fully saturated rings. The molecule has 0 radical (unpaired) electrons. The summed E-state index contributed by atoms with van der Waals surface area (Å²) >= 11 is 0. The van der Waals surface area contributed by atoms with Crippen molar-refractivity contribution in [2.75, 3.05) is 18.9 Å². The predicted molar refractivity (Wildman–Crippen MR) is 153 cm³/mol. The third-order valence-corrected chi connectivity index (χ3v) is 11.8. The maximum absolute atomic E-state index is 11.9. The third-order valence-electron chi connectivity index (χ3n) is 5.98. The Morgan fingerprint density at radius 3 is 1.14 bits per heavy atom. The van der Waals surface area contributed by atoms with Crippen LogP contribution < -0.4 is 21.2 Å². The molecule has 0 heterocycles. The molecule has 0 N–H and O–H groups in total. The van der Waals surface area contributed by atoms with Gasteiger partial charge in [0.15, 0.2) is 0 Å². The maximum atomic E-state index is 11.9. The van der Waals surface area contributed by atoms with Crippen LogP contribution in [0.15, 0.2) is 121 Å². The maximum Gasteiger partial charge on any atom is 0.302 e. The zero-order valence-electron chi connectivity index (χ0n) is 20.4. The van der Waals surface area contributed by atoms with Crippen LogP contribution in [0.1, 0.15) is 13.8 Å².